The third kappa shape index (κ3) is 3.47. The number of aryl methyl sites for hydroxylation is 1. The molecule has 17 heavy (non-hydrogen) atoms. The molecule has 0 saturated carbocycles. The zero-order valence-corrected chi connectivity index (χ0v) is 10.9. The van der Waals surface area contributed by atoms with E-state index in [4.69, 9.17) is 0 Å². The van der Waals surface area contributed by atoms with Crippen LogP contribution in [-0.4, -0.2) is 24.3 Å². The lowest BCUT2D eigenvalue weighted by Crippen LogP contribution is -2.19. The van der Waals surface area contributed by atoms with Crippen LogP contribution in [0, 0.1) is 12.8 Å². The third-order valence-electron chi connectivity index (χ3n) is 3.65. The normalized spacial score (nSPS) is 21.8. The Bertz CT molecular complexity index is 362. The number of benzene rings is 1. The summed E-state index contributed by atoms with van der Waals surface area (Å²) in [5.41, 5.74) is 2.68. The van der Waals surface area contributed by atoms with E-state index < -0.39 is 0 Å². The van der Waals surface area contributed by atoms with Gasteiger partial charge in [-0.2, -0.15) is 0 Å². The van der Waals surface area contributed by atoms with Gasteiger partial charge in [0.15, 0.2) is 0 Å². The predicted octanol–water partition coefficient (Wildman–Crippen LogP) is 2.98. The highest BCUT2D eigenvalue weighted by atomic mass is 16.3. The molecule has 1 N–H and O–H groups in total. The molecule has 0 amide bonds. The molecule has 1 saturated heterocycles. The number of aliphatic hydroxyl groups is 1. The fourth-order valence-corrected chi connectivity index (χ4v) is 2.60. The molecule has 1 aromatic rings. The maximum Gasteiger partial charge on any atom is 0.0512 e. The van der Waals surface area contributed by atoms with Crippen molar-refractivity contribution < 1.29 is 5.11 Å². The van der Waals surface area contributed by atoms with E-state index in [-0.39, 0.29) is 6.10 Å². The van der Waals surface area contributed by atoms with Crippen LogP contribution in [0.1, 0.15) is 31.7 Å². The summed E-state index contributed by atoms with van der Waals surface area (Å²) >= 11 is 0. The van der Waals surface area contributed by atoms with Crippen LogP contribution < -0.4 is 4.90 Å². The van der Waals surface area contributed by atoms with Gasteiger partial charge < -0.3 is 10.0 Å². The molecule has 2 heteroatoms. The van der Waals surface area contributed by atoms with Crippen LogP contribution in [0.5, 0.6) is 0 Å². The van der Waals surface area contributed by atoms with Gasteiger partial charge >= 0.3 is 0 Å². The van der Waals surface area contributed by atoms with Crippen molar-refractivity contribution in [2.24, 2.45) is 5.92 Å². The minimum atomic E-state index is -0.150. The zero-order chi connectivity index (χ0) is 12.3. The molecule has 2 nitrogen and oxygen atoms in total. The topological polar surface area (TPSA) is 23.5 Å². The van der Waals surface area contributed by atoms with Crippen molar-refractivity contribution in [2.45, 2.75) is 39.2 Å². The van der Waals surface area contributed by atoms with Gasteiger partial charge in [-0.25, -0.2) is 0 Å². The predicted molar refractivity (Wildman–Crippen MR) is 72.4 cm³/mol. The lowest BCUT2D eigenvalue weighted by Gasteiger charge is -2.19. The van der Waals surface area contributed by atoms with Gasteiger partial charge in [0.2, 0.25) is 0 Å². The van der Waals surface area contributed by atoms with E-state index in [1.165, 1.54) is 17.7 Å². The van der Waals surface area contributed by atoms with Crippen LogP contribution in [-0.2, 0) is 0 Å². The molecule has 0 aliphatic carbocycles. The van der Waals surface area contributed by atoms with E-state index in [9.17, 15) is 5.11 Å². The average Bonchev–Trinajstić information content (AvgIpc) is 2.75. The Morgan fingerprint density at radius 2 is 2.29 bits per heavy atom. The molecule has 1 heterocycles. The molecule has 94 valence electrons. The molecule has 0 bridgehead atoms. The molecular weight excluding hydrogens is 210 g/mol. The van der Waals surface area contributed by atoms with Gasteiger partial charge in [0.1, 0.15) is 0 Å². The summed E-state index contributed by atoms with van der Waals surface area (Å²) in [4.78, 5) is 2.47. The van der Waals surface area contributed by atoms with Crippen LogP contribution in [0.25, 0.3) is 0 Å². The van der Waals surface area contributed by atoms with Crippen molar-refractivity contribution in [1.82, 2.24) is 0 Å². The Morgan fingerprint density at radius 3 is 3.00 bits per heavy atom. The van der Waals surface area contributed by atoms with Gasteiger partial charge in [-0.1, -0.05) is 12.1 Å². The Kier molecular flexibility index (Phi) is 4.06. The number of nitrogens with zero attached hydrogens (tertiary/aromatic N) is 1. The number of anilines is 1. The van der Waals surface area contributed by atoms with Gasteiger partial charge in [0, 0.05) is 18.8 Å². The molecule has 0 radical (unpaired) electrons. The molecule has 0 spiro atoms. The number of rotatable bonds is 4. The molecule has 2 rings (SSSR count). The Hall–Kier alpha value is -1.02. The van der Waals surface area contributed by atoms with Crippen LogP contribution in [0.4, 0.5) is 5.69 Å². The van der Waals surface area contributed by atoms with Crippen molar-refractivity contribution in [3.8, 4) is 0 Å². The van der Waals surface area contributed by atoms with E-state index in [2.05, 4.69) is 36.1 Å². The van der Waals surface area contributed by atoms with E-state index >= 15 is 0 Å². The highest BCUT2D eigenvalue weighted by Gasteiger charge is 2.22. The van der Waals surface area contributed by atoms with Gasteiger partial charge in [0.25, 0.3) is 0 Å². The van der Waals surface area contributed by atoms with Gasteiger partial charge in [-0.05, 0) is 56.7 Å². The van der Waals surface area contributed by atoms with Crippen molar-refractivity contribution in [1.29, 1.82) is 0 Å². The Balaban J connectivity index is 1.89. The number of aliphatic hydroxyl groups excluding tert-OH is 1. The molecule has 1 aliphatic heterocycles. The van der Waals surface area contributed by atoms with Crippen molar-refractivity contribution in [3.05, 3.63) is 29.8 Å². The van der Waals surface area contributed by atoms with Crippen molar-refractivity contribution >= 4 is 5.69 Å². The molecule has 2 unspecified atom stereocenters. The lowest BCUT2D eigenvalue weighted by atomic mass is 10.0. The summed E-state index contributed by atoms with van der Waals surface area (Å²) in [6.45, 7) is 6.34. The minimum Gasteiger partial charge on any atom is -0.393 e. The first-order chi connectivity index (χ1) is 8.15. The van der Waals surface area contributed by atoms with Crippen LogP contribution in [0.15, 0.2) is 24.3 Å². The maximum atomic E-state index is 9.32. The highest BCUT2D eigenvalue weighted by Crippen LogP contribution is 2.27. The largest absolute Gasteiger partial charge is 0.393 e. The summed E-state index contributed by atoms with van der Waals surface area (Å²) in [7, 11) is 0. The summed E-state index contributed by atoms with van der Waals surface area (Å²) in [6.07, 6.45) is 3.20. The summed E-state index contributed by atoms with van der Waals surface area (Å²) in [5.74, 6) is 0.755. The first-order valence-corrected chi connectivity index (χ1v) is 6.65. The number of hydrogen-bond acceptors (Lipinski definition) is 2. The second kappa shape index (κ2) is 5.54. The van der Waals surface area contributed by atoms with Gasteiger partial charge in [-0.3, -0.25) is 0 Å². The Morgan fingerprint density at radius 1 is 1.47 bits per heavy atom. The third-order valence-corrected chi connectivity index (χ3v) is 3.65. The zero-order valence-electron chi connectivity index (χ0n) is 10.9. The van der Waals surface area contributed by atoms with E-state index in [0.717, 1.165) is 31.8 Å². The van der Waals surface area contributed by atoms with Crippen LogP contribution in [0.2, 0.25) is 0 Å². The van der Waals surface area contributed by atoms with Crippen molar-refractivity contribution in [2.75, 3.05) is 18.0 Å². The van der Waals surface area contributed by atoms with Crippen LogP contribution in [0.3, 0.4) is 0 Å². The molecule has 2 atom stereocenters. The lowest BCUT2D eigenvalue weighted by molar-refractivity contribution is 0.175. The van der Waals surface area contributed by atoms with E-state index in [1.54, 1.807) is 0 Å². The van der Waals surface area contributed by atoms with E-state index in [0.29, 0.717) is 0 Å². The summed E-state index contributed by atoms with van der Waals surface area (Å²) < 4.78 is 0. The molecular formula is C15H23NO. The molecule has 1 aliphatic rings. The summed E-state index contributed by atoms with van der Waals surface area (Å²) in [6, 6.07) is 8.74. The fraction of sp³-hybridized carbons (Fsp3) is 0.600. The molecule has 0 aromatic heterocycles. The van der Waals surface area contributed by atoms with E-state index in [1.807, 2.05) is 6.92 Å². The fourth-order valence-electron chi connectivity index (χ4n) is 2.60. The Labute approximate surface area is 104 Å². The second-order valence-corrected chi connectivity index (χ2v) is 5.37. The van der Waals surface area contributed by atoms with Crippen LogP contribution >= 0.6 is 0 Å². The average molecular weight is 233 g/mol. The first kappa shape index (κ1) is 12.4. The number of hydrogen-bond donors (Lipinski definition) is 1. The summed E-state index contributed by atoms with van der Waals surface area (Å²) in [5, 5.41) is 9.32. The molecule has 1 aromatic carbocycles. The van der Waals surface area contributed by atoms with Crippen molar-refractivity contribution in [3.63, 3.8) is 0 Å². The van der Waals surface area contributed by atoms with Gasteiger partial charge in [-0.15, -0.1) is 0 Å². The monoisotopic (exact) mass is 233 g/mol. The second-order valence-electron chi connectivity index (χ2n) is 5.37. The smallest absolute Gasteiger partial charge is 0.0512 e. The molecule has 1 fully saturated rings. The SMILES string of the molecule is Cc1cccc(N2CCC(CCC(C)O)C2)c1. The quantitative estimate of drug-likeness (QED) is 0.864. The highest BCUT2D eigenvalue weighted by molar-refractivity contribution is 5.49. The standard InChI is InChI=1S/C15H23NO/c1-12-4-3-5-15(10-12)16-9-8-14(11-16)7-6-13(2)17/h3-5,10,13-14,17H,6-9,11H2,1-2H3. The van der Waals surface area contributed by atoms with Gasteiger partial charge in [0.05, 0.1) is 6.10 Å². The maximum absolute atomic E-state index is 9.32. The minimum absolute atomic E-state index is 0.150. The first-order valence-electron chi connectivity index (χ1n) is 6.65.